The van der Waals surface area contributed by atoms with Crippen LogP contribution in [0.1, 0.15) is 23.2 Å². The molecular formula is C14H19NO4. The number of ether oxygens (including phenoxy) is 1. The zero-order valence-electron chi connectivity index (χ0n) is 11.0. The number of carbonyl (C=O) groups excluding carboxylic acids is 1. The zero-order chi connectivity index (χ0) is 13.8. The van der Waals surface area contributed by atoms with Crippen LogP contribution in [0.4, 0.5) is 0 Å². The maximum Gasteiger partial charge on any atom is 0.261 e. The molecule has 1 amide bonds. The fourth-order valence-corrected chi connectivity index (χ4v) is 1.78. The first-order valence-corrected chi connectivity index (χ1v) is 6.43. The molecule has 0 saturated heterocycles. The molecule has 0 spiro atoms. The van der Waals surface area contributed by atoms with Crippen molar-refractivity contribution in [1.82, 2.24) is 4.90 Å². The summed E-state index contributed by atoms with van der Waals surface area (Å²) in [5.74, 6) is -0.139. The van der Waals surface area contributed by atoms with E-state index in [2.05, 4.69) is 0 Å². The van der Waals surface area contributed by atoms with Crippen LogP contribution >= 0.6 is 0 Å². The molecule has 19 heavy (non-hydrogen) atoms. The van der Waals surface area contributed by atoms with Crippen LogP contribution < -0.4 is 0 Å². The Balaban J connectivity index is 1.86. The van der Waals surface area contributed by atoms with Gasteiger partial charge in [-0.05, 0) is 30.9 Å². The number of carbonyl (C=O) groups is 1. The van der Waals surface area contributed by atoms with E-state index in [0.29, 0.717) is 19.1 Å². The van der Waals surface area contributed by atoms with Gasteiger partial charge in [0.25, 0.3) is 5.91 Å². The third-order valence-electron chi connectivity index (χ3n) is 3.20. The maximum atomic E-state index is 12.1. The molecule has 0 atom stereocenters. The molecule has 5 nitrogen and oxygen atoms in total. The number of likely N-dealkylation sites (N-methyl/N-ethyl adjacent to an activating group) is 1. The first kappa shape index (κ1) is 13.7. The molecule has 1 saturated carbocycles. The lowest BCUT2D eigenvalue weighted by atomic mass is 10.1. The Morgan fingerprint density at radius 1 is 1.37 bits per heavy atom. The third-order valence-corrected chi connectivity index (χ3v) is 3.20. The second kappa shape index (κ2) is 5.93. The van der Waals surface area contributed by atoms with Crippen molar-refractivity contribution in [3.05, 3.63) is 23.8 Å². The summed E-state index contributed by atoms with van der Waals surface area (Å²) >= 11 is 0. The van der Waals surface area contributed by atoms with Gasteiger partial charge in [-0.15, -0.1) is 0 Å². The van der Waals surface area contributed by atoms with Gasteiger partial charge in [-0.1, -0.05) is 6.07 Å². The van der Waals surface area contributed by atoms with E-state index < -0.39 is 5.91 Å². The van der Waals surface area contributed by atoms with E-state index in [0.717, 1.165) is 6.61 Å². The monoisotopic (exact) mass is 265 g/mol. The Morgan fingerprint density at radius 3 is 2.58 bits per heavy atom. The van der Waals surface area contributed by atoms with Crippen LogP contribution in [0.25, 0.3) is 0 Å². The molecule has 0 heterocycles. The van der Waals surface area contributed by atoms with Gasteiger partial charge < -0.3 is 19.8 Å². The van der Waals surface area contributed by atoms with E-state index in [1.807, 2.05) is 0 Å². The number of hydrogen-bond donors (Lipinski definition) is 2. The first-order valence-electron chi connectivity index (χ1n) is 6.43. The molecule has 0 aromatic heterocycles. The summed E-state index contributed by atoms with van der Waals surface area (Å²) in [5, 5.41) is 19.2. The standard InChI is InChI=1S/C14H19NO4/c1-15(7-8-19-9-10-5-6-10)14(18)13-11(16)3-2-4-12(13)17/h2-4,10,16-17H,5-9H2,1H3. The predicted octanol–water partition coefficient (Wildman–Crippen LogP) is 1.60. The quantitative estimate of drug-likeness (QED) is 0.766. The number of aromatic hydroxyl groups is 2. The largest absolute Gasteiger partial charge is 0.507 e. The summed E-state index contributed by atoms with van der Waals surface area (Å²) in [7, 11) is 1.62. The first-order chi connectivity index (χ1) is 9.09. The summed E-state index contributed by atoms with van der Waals surface area (Å²) < 4.78 is 5.46. The number of phenolic OH excluding ortho intramolecular Hbond substituents is 2. The SMILES string of the molecule is CN(CCOCC1CC1)C(=O)c1c(O)cccc1O. The van der Waals surface area contributed by atoms with Crippen molar-refractivity contribution in [2.45, 2.75) is 12.8 Å². The molecule has 1 fully saturated rings. The summed E-state index contributed by atoms with van der Waals surface area (Å²) in [5.41, 5.74) is -0.0628. The van der Waals surface area contributed by atoms with Crippen LogP contribution in [0.5, 0.6) is 11.5 Å². The van der Waals surface area contributed by atoms with E-state index >= 15 is 0 Å². The second-order valence-corrected chi connectivity index (χ2v) is 4.92. The molecule has 2 rings (SSSR count). The Bertz CT molecular complexity index is 437. The van der Waals surface area contributed by atoms with Crippen LogP contribution in [0.15, 0.2) is 18.2 Å². The van der Waals surface area contributed by atoms with Crippen molar-refractivity contribution in [1.29, 1.82) is 0 Å². The number of hydrogen-bond acceptors (Lipinski definition) is 4. The highest BCUT2D eigenvalue weighted by atomic mass is 16.5. The Labute approximate surface area is 112 Å². The Morgan fingerprint density at radius 2 is 2.00 bits per heavy atom. The minimum atomic E-state index is -0.411. The number of phenols is 2. The van der Waals surface area contributed by atoms with E-state index in [-0.39, 0.29) is 17.1 Å². The van der Waals surface area contributed by atoms with Crippen molar-refractivity contribution in [3.63, 3.8) is 0 Å². The maximum absolute atomic E-state index is 12.1. The van der Waals surface area contributed by atoms with E-state index in [1.165, 1.54) is 35.9 Å². The molecule has 2 N–H and O–H groups in total. The van der Waals surface area contributed by atoms with E-state index in [9.17, 15) is 15.0 Å². The van der Waals surface area contributed by atoms with Crippen LogP contribution in [0.3, 0.4) is 0 Å². The van der Waals surface area contributed by atoms with Crippen molar-refractivity contribution in [3.8, 4) is 11.5 Å². The van der Waals surface area contributed by atoms with Gasteiger partial charge in [0.05, 0.1) is 6.61 Å². The molecule has 0 unspecified atom stereocenters. The number of benzene rings is 1. The van der Waals surface area contributed by atoms with Crippen LogP contribution in [0.2, 0.25) is 0 Å². The molecular weight excluding hydrogens is 246 g/mol. The Hall–Kier alpha value is -1.75. The summed E-state index contributed by atoms with van der Waals surface area (Å²) in [6.45, 7) is 1.65. The van der Waals surface area contributed by atoms with Crippen molar-refractivity contribution in [2.24, 2.45) is 5.92 Å². The molecule has 1 aliphatic carbocycles. The summed E-state index contributed by atoms with van der Waals surface area (Å²) in [6.07, 6.45) is 2.47. The van der Waals surface area contributed by atoms with Gasteiger partial charge in [-0.2, -0.15) is 0 Å². The number of rotatable bonds is 6. The fourth-order valence-electron chi connectivity index (χ4n) is 1.78. The smallest absolute Gasteiger partial charge is 0.261 e. The second-order valence-electron chi connectivity index (χ2n) is 4.92. The fraction of sp³-hybridized carbons (Fsp3) is 0.500. The van der Waals surface area contributed by atoms with Crippen LogP contribution in [0, 0.1) is 5.92 Å². The molecule has 0 radical (unpaired) electrons. The highest BCUT2D eigenvalue weighted by Crippen LogP contribution is 2.29. The summed E-state index contributed by atoms with van der Waals surface area (Å²) in [6, 6.07) is 4.25. The molecule has 5 heteroatoms. The lowest BCUT2D eigenvalue weighted by Crippen LogP contribution is -2.30. The lowest BCUT2D eigenvalue weighted by Gasteiger charge is -2.18. The normalized spacial score (nSPS) is 14.4. The highest BCUT2D eigenvalue weighted by Gasteiger charge is 2.22. The van der Waals surface area contributed by atoms with Crippen molar-refractivity contribution >= 4 is 5.91 Å². The molecule has 1 aromatic carbocycles. The van der Waals surface area contributed by atoms with Gasteiger partial charge in [0.1, 0.15) is 17.1 Å². The van der Waals surface area contributed by atoms with E-state index in [1.54, 1.807) is 7.05 Å². The topological polar surface area (TPSA) is 70.0 Å². The average Bonchev–Trinajstić information content (AvgIpc) is 3.18. The minimum absolute atomic E-state index is 0.0628. The Kier molecular flexibility index (Phi) is 4.27. The van der Waals surface area contributed by atoms with Gasteiger partial charge >= 0.3 is 0 Å². The van der Waals surface area contributed by atoms with Gasteiger partial charge in [-0.25, -0.2) is 0 Å². The molecule has 1 aliphatic rings. The molecule has 0 bridgehead atoms. The third kappa shape index (κ3) is 3.61. The molecule has 104 valence electrons. The number of amides is 1. The van der Waals surface area contributed by atoms with E-state index in [4.69, 9.17) is 4.74 Å². The van der Waals surface area contributed by atoms with Crippen LogP contribution in [-0.2, 0) is 4.74 Å². The van der Waals surface area contributed by atoms with Gasteiger partial charge in [0, 0.05) is 20.2 Å². The minimum Gasteiger partial charge on any atom is -0.507 e. The summed E-state index contributed by atoms with van der Waals surface area (Å²) in [4.78, 5) is 13.5. The van der Waals surface area contributed by atoms with Crippen molar-refractivity contribution < 1.29 is 19.7 Å². The highest BCUT2D eigenvalue weighted by molar-refractivity contribution is 5.99. The lowest BCUT2D eigenvalue weighted by molar-refractivity contribution is 0.0676. The zero-order valence-corrected chi connectivity index (χ0v) is 11.0. The average molecular weight is 265 g/mol. The van der Waals surface area contributed by atoms with Gasteiger partial charge in [-0.3, -0.25) is 4.79 Å². The van der Waals surface area contributed by atoms with Crippen LogP contribution in [-0.4, -0.2) is 47.8 Å². The van der Waals surface area contributed by atoms with Gasteiger partial charge in [0.2, 0.25) is 0 Å². The number of nitrogens with zero attached hydrogens (tertiary/aromatic N) is 1. The molecule has 1 aromatic rings. The van der Waals surface area contributed by atoms with Gasteiger partial charge in [0.15, 0.2) is 0 Å². The molecule has 0 aliphatic heterocycles. The van der Waals surface area contributed by atoms with Crippen molar-refractivity contribution in [2.75, 3.05) is 26.8 Å². The predicted molar refractivity (Wildman–Crippen MR) is 70.3 cm³/mol.